The average molecular weight is 919 g/mol. The van der Waals surface area contributed by atoms with E-state index in [4.69, 9.17) is 22.9 Å². The zero-order chi connectivity index (χ0) is 47.3. The molecule has 64 heavy (non-hydrogen) atoms. The largest absolute Gasteiger partial charge is 0.472 e. The molecule has 0 aromatic carbocycles. The number of phosphoric acid groups is 1. The zero-order valence-corrected chi connectivity index (χ0v) is 42.0. The van der Waals surface area contributed by atoms with Crippen LogP contribution in [0.5, 0.6) is 0 Å². The Kier molecular flexibility index (Phi) is 34.2. The predicted molar refractivity (Wildman–Crippen MR) is 261 cm³/mol. The lowest BCUT2D eigenvalue weighted by atomic mass is 10.0. The van der Waals surface area contributed by atoms with Gasteiger partial charge < -0.3 is 28.4 Å². The van der Waals surface area contributed by atoms with E-state index < -0.39 is 38.6 Å². The first kappa shape index (κ1) is 59.0. The minimum Gasteiger partial charge on any atom is -0.466 e. The molecule has 0 saturated heterocycles. The van der Waals surface area contributed by atoms with Crippen molar-refractivity contribution in [3.8, 4) is 0 Å². The fourth-order valence-corrected chi connectivity index (χ4v) is 7.49. The molecule has 12 heteroatoms. The van der Waals surface area contributed by atoms with Gasteiger partial charge in [0.25, 0.3) is 0 Å². The maximum Gasteiger partial charge on any atom is 0.472 e. The third kappa shape index (κ3) is 33.4. The zero-order valence-electron chi connectivity index (χ0n) is 41.1. The molecule has 1 aromatic heterocycles. The Hall–Kier alpha value is -3.05. The van der Waals surface area contributed by atoms with Gasteiger partial charge in [0.05, 0.1) is 33.9 Å². The normalized spacial score (nSPS) is 14.5. The number of phosphoric ester groups is 1. The maximum atomic E-state index is 12.8. The van der Waals surface area contributed by atoms with Crippen LogP contribution in [0.1, 0.15) is 171 Å². The molecule has 0 spiro atoms. The average Bonchev–Trinajstić information content (AvgIpc) is 3.51. The molecular weight excluding hydrogens is 830 g/mol. The Bertz CT molecular complexity index is 1570. The van der Waals surface area contributed by atoms with E-state index in [0.717, 1.165) is 57.8 Å². The van der Waals surface area contributed by atoms with E-state index in [9.17, 15) is 24.2 Å². The van der Waals surface area contributed by atoms with Crippen LogP contribution >= 0.6 is 7.82 Å². The van der Waals surface area contributed by atoms with E-state index in [1.165, 1.54) is 80.4 Å². The fraction of sp³-hybridized carbons (Fsp3) is 0.692. The highest BCUT2D eigenvalue weighted by atomic mass is 31.2. The number of aryl methyl sites for hydroxylation is 2. The van der Waals surface area contributed by atoms with Crippen LogP contribution in [0.25, 0.3) is 0 Å². The molecule has 0 aliphatic carbocycles. The number of hydrogen-bond acceptors (Lipinski definition) is 9. The summed E-state index contributed by atoms with van der Waals surface area (Å²) in [4.78, 5) is 35.6. The van der Waals surface area contributed by atoms with Gasteiger partial charge >= 0.3 is 19.8 Å². The molecule has 0 amide bonds. The number of unbranched alkanes of at least 4 members (excludes halogenated alkanes) is 11. The van der Waals surface area contributed by atoms with Gasteiger partial charge in [-0.15, -0.1) is 0 Å². The highest BCUT2D eigenvalue weighted by Gasteiger charge is 2.27. The Morgan fingerprint density at radius 1 is 0.672 bits per heavy atom. The first-order valence-corrected chi connectivity index (χ1v) is 26.0. The van der Waals surface area contributed by atoms with Crippen molar-refractivity contribution < 1.29 is 51.6 Å². The number of aliphatic hydroxyl groups excluding tert-OH is 1. The van der Waals surface area contributed by atoms with Gasteiger partial charge in [0.1, 0.15) is 31.3 Å². The van der Waals surface area contributed by atoms with Crippen LogP contribution in [-0.4, -0.2) is 86.1 Å². The predicted octanol–water partition coefficient (Wildman–Crippen LogP) is 12.7. The van der Waals surface area contributed by atoms with Gasteiger partial charge in [-0.1, -0.05) is 139 Å². The number of likely N-dealkylation sites (N-methyl/N-ethyl adjacent to an activating group) is 1. The monoisotopic (exact) mass is 919 g/mol. The second kappa shape index (κ2) is 37.1. The number of nitrogens with zero attached hydrogens (tertiary/aromatic N) is 1. The summed E-state index contributed by atoms with van der Waals surface area (Å²) in [5, 5.41) is 10.4. The molecule has 2 N–H and O–H groups in total. The fourth-order valence-electron chi connectivity index (χ4n) is 6.75. The number of furan rings is 1. The summed E-state index contributed by atoms with van der Waals surface area (Å²) in [6.45, 7) is 8.41. The van der Waals surface area contributed by atoms with Gasteiger partial charge in [0, 0.05) is 25.7 Å². The standard InChI is InChI=1S/C52H88NO10P/c1-8-10-12-13-14-15-16-17-18-21-24-27-31-35-47(54)36-34-40-52(56)62-48(44-61-64(57,58)60-42-41-53(5,6)7)43-59-51(55)39-33-29-26-23-20-19-22-25-28-32-38-50-46(4)45(3)49(63-50)37-30-11-9-2/h10,12,14-15,17-18,24,27,31,35,47-48,54H,8-9,11,13,16,19-23,25-26,28-30,32-34,36-44H2,1-7H3/p+1/b12-10-,15-14-,18-17-,27-24-,35-31+/t47?,48-/m1/s1. The van der Waals surface area contributed by atoms with Gasteiger partial charge in [-0.05, 0) is 82.8 Å². The Morgan fingerprint density at radius 2 is 1.20 bits per heavy atom. The molecule has 0 bridgehead atoms. The second-order valence-electron chi connectivity index (χ2n) is 17.9. The van der Waals surface area contributed by atoms with E-state index in [-0.39, 0.29) is 26.1 Å². The minimum absolute atomic E-state index is 0.00134. The smallest absolute Gasteiger partial charge is 0.466 e. The molecule has 0 saturated carbocycles. The molecular formula is C52H89NO10P+. The van der Waals surface area contributed by atoms with Crippen molar-refractivity contribution in [2.75, 3.05) is 47.5 Å². The number of quaternary nitrogens is 1. The first-order chi connectivity index (χ1) is 30.7. The Labute approximate surface area is 388 Å². The number of carbonyl (C=O) groups is 2. The van der Waals surface area contributed by atoms with Crippen molar-refractivity contribution in [3.05, 3.63) is 83.4 Å². The molecule has 0 aliphatic heterocycles. The van der Waals surface area contributed by atoms with Gasteiger partial charge in [0.15, 0.2) is 6.10 Å². The van der Waals surface area contributed by atoms with Gasteiger partial charge in [-0.3, -0.25) is 18.6 Å². The van der Waals surface area contributed by atoms with Crippen LogP contribution in [0, 0.1) is 13.8 Å². The molecule has 2 unspecified atom stereocenters. The molecule has 1 heterocycles. The van der Waals surface area contributed by atoms with Crippen molar-refractivity contribution in [2.45, 2.75) is 188 Å². The first-order valence-electron chi connectivity index (χ1n) is 24.5. The molecule has 366 valence electrons. The summed E-state index contributed by atoms with van der Waals surface area (Å²) in [5.74, 6) is 1.34. The highest BCUT2D eigenvalue weighted by Crippen LogP contribution is 2.43. The van der Waals surface area contributed by atoms with Gasteiger partial charge in [-0.25, -0.2) is 4.57 Å². The lowest BCUT2D eigenvalue weighted by molar-refractivity contribution is -0.870. The molecule has 1 aromatic rings. The van der Waals surface area contributed by atoms with Crippen LogP contribution in [0.2, 0.25) is 0 Å². The van der Waals surface area contributed by atoms with Crippen molar-refractivity contribution in [3.63, 3.8) is 0 Å². The summed E-state index contributed by atoms with van der Waals surface area (Å²) >= 11 is 0. The summed E-state index contributed by atoms with van der Waals surface area (Å²) in [5.41, 5.74) is 2.68. The topological polar surface area (TPSA) is 142 Å². The molecule has 1 rings (SSSR count). The number of esters is 2. The van der Waals surface area contributed by atoms with Crippen LogP contribution in [0.3, 0.4) is 0 Å². The van der Waals surface area contributed by atoms with Gasteiger partial charge in [0.2, 0.25) is 0 Å². The lowest BCUT2D eigenvalue weighted by Gasteiger charge is -2.24. The van der Waals surface area contributed by atoms with Crippen molar-refractivity contribution in [2.24, 2.45) is 0 Å². The highest BCUT2D eigenvalue weighted by molar-refractivity contribution is 7.47. The number of rotatable bonds is 40. The van der Waals surface area contributed by atoms with E-state index in [2.05, 4.69) is 64.2 Å². The third-order valence-corrected chi connectivity index (χ3v) is 11.9. The van der Waals surface area contributed by atoms with Crippen molar-refractivity contribution >= 4 is 19.8 Å². The van der Waals surface area contributed by atoms with Gasteiger partial charge in [-0.2, -0.15) is 0 Å². The number of hydrogen-bond donors (Lipinski definition) is 2. The van der Waals surface area contributed by atoms with E-state index in [1.807, 2.05) is 33.3 Å². The minimum atomic E-state index is -4.45. The maximum absolute atomic E-state index is 12.8. The molecule has 0 radical (unpaired) electrons. The molecule has 0 fully saturated rings. The van der Waals surface area contributed by atoms with E-state index in [1.54, 1.807) is 12.2 Å². The Balaban J connectivity index is 2.38. The lowest BCUT2D eigenvalue weighted by Crippen LogP contribution is -2.37. The second-order valence-corrected chi connectivity index (χ2v) is 19.4. The number of carbonyl (C=O) groups excluding carboxylic acids is 2. The summed E-state index contributed by atoms with van der Waals surface area (Å²) in [7, 11) is 1.33. The van der Waals surface area contributed by atoms with Crippen molar-refractivity contribution in [1.29, 1.82) is 0 Å². The van der Waals surface area contributed by atoms with Crippen LogP contribution in [0.4, 0.5) is 0 Å². The summed E-state index contributed by atoms with van der Waals surface area (Å²) in [6.07, 6.45) is 39.8. The molecule has 3 atom stereocenters. The van der Waals surface area contributed by atoms with Crippen LogP contribution in [0.15, 0.2) is 65.2 Å². The quantitative estimate of drug-likeness (QED) is 0.0163. The number of ether oxygens (including phenoxy) is 2. The summed E-state index contributed by atoms with van der Waals surface area (Å²) in [6, 6.07) is 0. The summed E-state index contributed by atoms with van der Waals surface area (Å²) < 4.78 is 40.5. The SMILES string of the molecule is CC/C=C\C/C=C\C/C=C\C/C=C\C=C\C(O)CCCC(=O)O[C@H](COC(=O)CCCCCCCCCCCCc1oc(CCCCC)c(C)c1C)COP(=O)(O)OCC[N+](C)(C)C. The number of allylic oxidation sites excluding steroid dienone is 9. The van der Waals surface area contributed by atoms with Crippen LogP contribution in [-0.2, 0) is 45.5 Å². The molecule has 0 aliphatic rings. The third-order valence-electron chi connectivity index (χ3n) is 10.9. The van der Waals surface area contributed by atoms with Crippen molar-refractivity contribution in [1.82, 2.24) is 0 Å². The van der Waals surface area contributed by atoms with E-state index >= 15 is 0 Å². The Morgan fingerprint density at radius 3 is 1.78 bits per heavy atom. The number of aliphatic hydroxyl groups is 1. The van der Waals surface area contributed by atoms with E-state index in [0.29, 0.717) is 30.3 Å². The molecule has 11 nitrogen and oxygen atoms in total. The van der Waals surface area contributed by atoms with Crippen LogP contribution < -0.4 is 0 Å².